The Kier molecular flexibility index (Phi) is 7.85. The number of ether oxygens (including phenoxy) is 1. The third kappa shape index (κ3) is 6.08. The number of nitrogens with one attached hydrogen (secondary N) is 2. The number of nitrogens with two attached hydrogens (primary N) is 1. The summed E-state index contributed by atoms with van der Waals surface area (Å²) in [6, 6.07) is 7.29. The van der Waals surface area contributed by atoms with Crippen LogP contribution in [0, 0.1) is 5.92 Å². The summed E-state index contributed by atoms with van der Waals surface area (Å²) in [5, 5.41) is 5.44. The van der Waals surface area contributed by atoms with Crippen LogP contribution in [-0.4, -0.2) is 31.5 Å². The van der Waals surface area contributed by atoms with Crippen molar-refractivity contribution in [2.24, 2.45) is 11.7 Å². The summed E-state index contributed by atoms with van der Waals surface area (Å²) in [6.45, 7) is 0.325. The van der Waals surface area contributed by atoms with Gasteiger partial charge in [0.25, 0.3) is 0 Å². The van der Waals surface area contributed by atoms with Crippen LogP contribution in [0.25, 0.3) is 0 Å². The fourth-order valence-electron chi connectivity index (χ4n) is 2.52. The highest BCUT2D eigenvalue weighted by Crippen LogP contribution is 2.25. The maximum atomic E-state index is 12.1. The van der Waals surface area contributed by atoms with Gasteiger partial charge < -0.3 is 21.1 Å². The highest BCUT2D eigenvalue weighted by atomic mass is 35.5. The average molecular weight is 342 g/mol. The maximum absolute atomic E-state index is 12.1. The van der Waals surface area contributed by atoms with Gasteiger partial charge in [-0.05, 0) is 43.5 Å². The molecule has 2 amide bonds. The van der Waals surface area contributed by atoms with E-state index in [-0.39, 0.29) is 36.2 Å². The summed E-state index contributed by atoms with van der Waals surface area (Å²) in [6.07, 6.45) is 2.84. The Hall–Kier alpha value is -1.79. The highest BCUT2D eigenvalue weighted by Gasteiger charge is 2.27. The van der Waals surface area contributed by atoms with Gasteiger partial charge in [-0.15, -0.1) is 12.4 Å². The van der Waals surface area contributed by atoms with Gasteiger partial charge in [0.1, 0.15) is 5.75 Å². The van der Waals surface area contributed by atoms with Crippen LogP contribution in [0.2, 0.25) is 0 Å². The number of anilines is 1. The molecule has 1 fully saturated rings. The van der Waals surface area contributed by atoms with Gasteiger partial charge in [-0.2, -0.15) is 0 Å². The Bertz CT molecular complexity index is 522. The van der Waals surface area contributed by atoms with E-state index in [2.05, 4.69) is 10.6 Å². The van der Waals surface area contributed by atoms with Gasteiger partial charge in [-0.3, -0.25) is 9.59 Å². The summed E-state index contributed by atoms with van der Waals surface area (Å²) in [7, 11) is 1.59. The number of rotatable bonds is 6. The second kappa shape index (κ2) is 9.37. The van der Waals surface area contributed by atoms with Crippen LogP contribution in [-0.2, 0) is 9.59 Å². The molecule has 2 atom stereocenters. The third-order valence-corrected chi connectivity index (χ3v) is 3.84. The lowest BCUT2D eigenvalue weighted by molar-refractivity contribution is -0.121. The zero-order chi connectivity index (χ0) is 15.9. The number of benzene rings is 1. The van der Waals surface area contributed by atoms with E-state index >= 15 is 0 Å². The van der Waals surface area contributed by atoms with Crippen LogP contribution in [0.4, 0.5) is 5.69 Å². The molecule has 0 radical (unpaired) electrons. The van der Waals surface area contributed by atoms with Crippen LogP contribution in [0.15, 0.2) is 24.3 Å². The average Bonchev–Trinajstić information content (AvgIpc) is 2.95. The molecule has 0 bridgehead atoms. The van der Waals surface area contributed by atoms with E-state index in [9.17, 15) is 9.59 Å². The Morgan fingerprint density at radius 3 is 2.52 bits per heavy atom. The number of halogens is 1. The van der Waals surface area contributed by atoms with Crippen molar-refractivity contribution in [3.05, 3.63) is 24.3 Å². The van der Waals surface area contributed by atoms with Crippen LogP contribution >= 0.6 is 12.4 Å². The molecule has 0 aromatic heterocycles. The molecule has 1 aliphatic rings. The number of carbonyl (C=O) groups is 2. The van der Waals surface area contributed by atoms with Crippen LogP contribution in [0.1, 0.15) is 25.7 Å². The maximum Gasteiger partial charge on any atom is 0.227 e. The molecule has 23 heavy (non-hydrogen) atoms. The molecular weight excluding hydrogens is 318 g/mol. The van der Waals surface area contributed by atoms with Crippen molar-refractivity contribution in [1.82, 2.24) is 5.32 Å². The second-order valence-electron chi connectivity index (χ2n) is 5.56. The van der Waals surface area contributed by atoms with E-state index in [0.717, 1.165) is 24.9 Å². The van der Waals surface area contributed by atoms with Gasteiger partial charge in [-0.25, -0.2) is 0 Å². The Morgan fingerprint density at radius 1 is 1.26 bits per heavy atom. The summed E-state index contributed by atoms with van der Waals surface area (Å²) in [5.41, 5.74) is 6.57. The largest absolute Gasteiger partial charge is 0.493 e. The van der Waals surface area contributed by atoms with Crippen molar-refractivity contribution in [3.63, 3.8) is 0 Å². The molecule has 1 aromatic rings. The van der Waals surface area contributed by atoms with Crippen LogP contribution in [0.5, 0.6) is 5.75 Å². The summed E-state index contributed by atoms with van der Waals surface area (Å²) < 4.78 is 5.46. The molecule has 6 nitrogen and oxygen atoms in total. The van der Waals surface area contributed by atoms with E-state index in [1.807, 2.05) is 0 Å². The first-order chi connectivity index (χ1) is 10.6. The number of amides is 2. The monoisotopic (exact) mass is 341 g/mol. The highest BCUT2D eigenvalue weighted by molar-refractivity contribution is 5.92. The molecule has 1 aliphatic carbocycles. The third-order valence-electron chi connectivity index (χ3n) is 3.84. The Balaban J connectivity index is 0.00000264. The van der Waals surface area contributed by atoms with Crippen molar-refractivity contribution in [1.29, 1.82) is 0 Å². The molecule has 0 spiro atoms. The molecule has 1 saturated carbocycles. The summed E-state index contributed by atoms with van der Waals surface area (Å²) in [5.74, 6) is 0.656. The smallest absolute Gasteiger partial charge is 0.227 e. The van der Waals surface area contributed by atoms with Crippen LogP contribution in [0.3, 0.4) is 0 Å². The van der Waals surface area contributed by atoms with Crippen molar-refractivity contribution in [2.45, 2.75) is 31.7 Å². The quantitative estimate of drug-likeness (QED) is 0.734. The van der Waals surface area contributed by atoms with E-state index in [1.165, 1.54) is 0 Å². The van der Waals surface area contributed by atoms with Gasteiger partial charge in [0.2, 0.25) is 11.8 Å². The lowest BCUT2D eigenvalue weighted by atomic mass is 10.1. The molecule has 0 heterocycles. The standard InChI is InChI=1S/C16H23N3O3.ClH/c1-18-15(20)8-9-22-14-6-4-13(5-7-14)19-16(21)11-2-3-12(17)10-11;/h4-7,11-12H,2-3,8-10,17H2,1H3,(H,18,20)(H,19,21);1H. The minimum Gasteiger partial charge on any atom is -0.493 e. The first-order valence-corrected chi connectivity index (χ1v) is 7.58. The van der Waals surface area contributed by atoms with Crippen molar-refractivity contribution in [3.8, 4) is 5.75 Å². The fourth-order valence-corrected chi connectivity index (χ4v) is 2.52. The summed E-state index contributed by atoms with van der Waals surface area (Å²) in [4.78, 5) is 23.2. The number of carbonyl (C=O) groups excluding carboxylic acids is 2. The first-order valence-electron chi connectivity index (χ1n) is 7.58. The predicted molar refractivity (Wildman–Crippen MR) is 91.8 cm³/mol. The molecule has 1 aromatic carbocycles. The molecule has 7 heteroatoms. The van der Waals surface area contributed by atoms with Gasteiger partial charge in [0.05, 0.1) is 13.0 Å². The molecule has 128 valence electrons. The van der Waals surface area contributed by atoms with Crippen molar-refractivity contribution >= 4 is 29.9 Å². The molecule has 0 aliphatic heterocycles. The molecule has 4 N–H and O–H groups in total. The van der Waals surface area contributed by atoms with E-state index in [0.29, 0.717) is 18.8 Å². The number of hydrogen-bond acceptors (Lipinski definition) is 4. The minimum absolute atomic E-state index is 0. The molecule has 2 unspecified atom stereocenters. The predicted octanol–water partition coefficient (Wildman–Crippen LogP) is 1.69. The minimum atomic E-state index is -0.0568. The lowest BCUT2D eigenvalue weighted by Gasteiger charge is -2.11. The Labute approximate surface area is 142 Å². The number of hydrogen-bond donors (Lipinski definition) is 3. The zero-order valence-corrected chi connectivity index (χ0v) is 14.0. The molecule has 2 rings (SSSR count). The SMILES string of the molecule is CNC(=O)CCOc1ccc(NC(=O)C2CCC(N)C2)cc1.Cl. The van der Waals surface area contributed by atoms with Gasteiger partial charge in [0.15, 0.2) is 0 Å². The molecule has 0 saturated heterocycles. The van der Waals surface area contributed by atoms with Gasteiger partial charge in [-0.1, -0.05) is 0 Å². The van der Waals surface area contributed by atoms with Gasteiger partial charge >= 0.3 is 0 Å². The van der Waals surface area contributed by atoms with E-state index in [1.54, 1.807) is 31.3 Å². The second-order valence-corrected chi connectivity index (χ2v) is 5.56. The summed E-state index contributed by atoms with van der Waals surface area (Å²) >= 11 is 0. The van der Waals surface area contributed by atoms with E-state index < -0.39 is 0 Å². The van der Waals surface area contributed by atoms with Gasteiger partial charge in [0, 0.05) is 24.7 Å². The molecular formula is C16H24ClN3O3. The van der Waals surface area contributed by atoms with Crippen LogP contribution < -0.4 is 21.1 Å². The normalized spacial score (nSPS) is 19.6. The fraction of sp³-hybridized carbons (Fsp3) is 0.500. The van der Waals surface area contributed by atoms with E-state index in [4.69, 9.17) is 10.5 Å². The van der Waals surface area contributed by atoms with Crippen molar-refractivity contribution in [2.75, 3.05) is 19.0 Å². The topological polar surface area (TPSA) is 93.5 Å². The lowest BCUT2D eigenvalue weighted by Crippen LogP contribution is -2.23. The zero-order valence-electron chi connectivity index (χ0n) is 13.2. The first kappa shape index (κ1) is 19.3. The Morgan fingerprint density at radius 2 is 1.96 bits per heavy atom. The van der Waals surface area contributed by atoms with Crippen molar-refractivity contribution < 1.29 is 14.3 Å².